The lowest BCUT2D eigenvalue weighted by atomic mass is 9.75. The third-order valence-electron chi connectivity index (χ3n) is 3.97. The maximum atomic E-state index is 13.0. The minimum Gasteiger partial charge on any atom is -0.459 e. The summed E-state index contributed by atoms with van der Waals surface area (Å²) in [6.07, 6.45) is -0.756. The van der Waals surface area contributed by atoms with Gasteiger partial charge in [0.2, 0.25) is 0 Å². The monoisotopic (exact) mass is 411 g/mol. The van der Waals surface area contributed by atoms with Crippen molar-refractivity contribution in [2.75, 3.05) is 0 Å². The Morgan fingerprint density at radius 2 is 1.50 bits per heavy atom. The van der Waals surface area contributed by atoms with E-state index in [1.165, 1.54) is 13.8 Å². The Hall–Kier alpha value is -2.08. The molecule has 0 fully saturated rings. The number of hydrogen-bond acceptors (Lipinski definition) is 5. The fraction of sp³-hybridized carbons (Fsp3) is 0.571. The quantitative estimate of drug-likeness (QED) is 0.553. The van der Waals surface area contributed by atoms with E-state index >= 15 is 0 Å². The van der Waals surface area contributed by atoms with Crippen LogP contribution in [0.25, 0.3) is 0 Å². The highest BCUT2D eigenvalue weighted by atomic mass is 35.5. The summed E-state index contributed by atoms with van der Waals surface area (Å²) in [6.45, 7) is 13.0. The molecule has 1 rings (SSSR count). The van der Waals surface area contributed by atoms with Crippen LogP contribution in [0.5, 0.6) is 0 Å². The molecular weight excluding hydrogens is 382 g/mol. The van der Waals surface area contributed by atoms with Gasteiger partial charge in [0.15, 0.2) is 0 Å². The highest BCUT2D eigenvalue weighted by Gasteiger charge is 2.50. The van der Waals surface area contributed by atoms with Gasteiger partial charge in [-0.1, -0.05) is 23.7 Å². The molecule has 0 aliphatic carbocycles. The Labute approximate surface area is 171 Å². The van der Waals surface area contributed by atoms with E-state index in [2.05, 4.69) is 5.32 Å². The molecule has 0 saturated carbocycles. The molecule has 0 saturated heterocycles. The molecule has 156 valence electrons. The molecule has 1 aromatic rings. The maximum absolute atomic E-state index is 13.0. The zero-order chi connectivity index (χ0) is 21.9. The molecule has 6 nitrogen and oxygen atoms in total. The lowest BCUT2D eigenvalue weighted by Crippen LogP contribution is -2.51. The molecule has 0 aromatic heterocycles. The van der Waals surface area contributed by atoms with Crippen molar-refractivity contribution in [3.8, 4) is 0 Å². The van der Waals surface area contributed by atoms with E-state index in [1.807, 2.05) is 0 Å². The van der Waals surface area contributed by atoms with Crippen LogP contribution in [0.1, 0.15) is 67.0 Å². The first-order chi connectivity index (χ1) is 12.6. The average molecular weight is 412 g/mol. The molecule has 1 aromatic carbocycles. The first-order valence-corrected chi connectivity index (χ1v) is 9.43. The molecule has 0 unspecified atom stereocenters. The van der Waals surface area contributed by atoms with Crippen molar-refractivity contribution >= 4 is 29.4 Å². The van der Waals surface area contributed by atoms with Crippen molar-refractivity contribution in [2.45, 2.75) is 72.6 Å². The zero-order valence-corrected chi connectivity index (χ0v) is 18.6. The van der Waals surface area contributed by atoms with Crippen LogP contribution in [0.3, 0.4) is 0 Å². The summed E-state index contributed by atoms with van der Waals surface area (Å²) < 4.78 is 10.8. The smallest absolute Gasteiger partial charge is 0.408 e. The number of alkyl carbamates (subject to hydrolysis) is 1. The summed E-state index contributed by atoms with van der Waals surface area (Å²) in [4.78, 5) is 38.1. The van der Waals surface area contributed by atoms with Crippen molar-refractivity contribution in [3.63, 3.8) is 0 Å². The Balaban J connectivity index is 3.46. The summed E-state index contributed by atoms with van der Waals surface area (Å²) in [5.41, 5.74) is -2.75. The Morgan fingerprint density at radius 3 is 1.93 bits per heavy atom. The van der Waals surface area contributed by atoms with E-state index in [0.717, 1.165) is 0 Å². The fourth-order valence-electron chi connectivity index (χ4n) is 2.52. The van der Waals surface area contributed by atoms with Gasteiger partial charge in [-0.2, -0.15) is 0 Å². The summed E-state index contributed by atoms with van der Waals surface area (Å²) in [5.74, 6) is -1.20. The van der Waals surface area contributed by atoms with Crippen LogP contribution in [0.4, 0.5) is 4.79 Å². The van der Waals surface area contributed by atoms with Gasteiger partial charge in [0.05, 0.1) is 6.04 Å². The first-order valence-electron chi connectivity index (χ1n) is 9.06. The van der Waals surface area contributed by atoms with Crippen LogP contribution in [-0.2, 0) is 19.1 Å². The molecule has 2 atom stereocenters. The third-order valence-corrected chi connectivity index (χ3v) is 4.21. The van der Waals surface area contributed by atoms with Crippen LogP contribution < -0.4 is 5.32 Å². The lowest BCUT2D eigenvalue weighted by Gasteiger charge is -2.36. The maximum Gasteiger partial charge on any atom is 0.408 e. The van der Waals surface area contributed by atoms with Crippen LogP contribution in [0.15, 0.2) is 24.3 Å². The van der Waals surface area contributed by atoms with E-state index in [-0.39, 0.29) is 0 Å². The normalized spacial score (nSPS) is 15.2. The summed E-state index contributed by atoms with van der Waals surface area (Å²) >= 11 is 6.10. The number of esters is 1. The zero-order valence-electron chi connectivity index (χ0n) is 17.8. The molecular formula is C21H30ClNO5. The number of carbonyl (C=O) groups is 3. The standard InChI is InChI=1S/C21H30ClNO5/c1-13(24)21(8,17(25)27-19(2,3)4)16(14-10-9-11-15(22)12-14)23-18(26)28-20(5,6)7/h9-12,16H,1-8H3,(H,23,26)/t16-,21-/m0/s1. The average Bonchev–Trinajstić information content (AvgIpc) is 2.48. The number of ketones is 1. The SMILES string of the molecule is CC(=O)[C@](C)(C(=O)OC(C)(C)C)[C@@H](NC(=O)OC(C)(C)C)c1cccc(Cl)c1. The second-order valence-electron chi connectivity index (χ2n) is 8.89. The molecule has 0 aliphatic heterocycles. The van der Waals surface area contributed by atoms with Crippen LogP contribution in [0, 0.1) is 5.41 Å². The van der Waals surface area contributed by atoms with Crippen LogP contribution >= 0.6 is 11.6 Å². The number of halogens is 1. The molecule has 0 aliphatic rings. The van der Waals surface area contributed by atoms with Crippen molar-refractivity contribution in [2.24, 2.45) is 5.41 Å². The van der Waals surface area contributed by atoms with Gasteiger partial charge in [0.25, 0.3) is 0 Å². The number of ether oxygens (including phenoxy) is 2. The predicted octanol–water partition coefficient (Wildman–Crippen LogP) is 4.84. The van der Waals surface area contributed by atoms with Gasteiger partial charge in [-0.25, -0.2) is 4.79 Å². The Kier molecular flexibility index (Phi) is 7.29. The van der Waals surface area contributed by atoms with Gasteiger partial charge in [-0.3, -0.25) is 9.59 Å². The highest BCUT2D eigenvalue weighted by molar-refractivity contribution is 6.30. The minimum absolute atomic E-state index is 0.406. The largest absolute Gasteiger partial charge is 0.459 e. The molecule has 1 amide bonds. The number of carbonyl (C=O) groups excluding carboxylic acids is 3. The van der Waals surface area contributed by atoms with Gasteiger partial charge in [0, 0.05) is 5.02 Å². The van der Waals surface area contributed by atoms with Crippen molar-refractivity contribution in [1.82, 2.24) is 5.32 Å². The molecule has 28 heavy (non-hydrogen) atoms. The Morgan fingerprint density at radius 1 is 0.964 bits per heavy atom. The van der Waals surface area contributed by atoms with E-state index in [0.29, 0.717) is 10.6 Å². The van der Waals surface area contributed by atoms with Gasteiger partial charge >= 0.3 is 12.1 Å². The van der Waals surface area contributed by atoms with Crippen molar-refractivity contribution in [3.05, 3.63) is 34.9 Å². The molecule has 7 heteroatoms. The predicted molar refractivity (Wildman–Crippen MR) is 108 cm³/mol. The highest BCUT2D eigenvalue weighted by Crippen LogP contribution is 2.38. The van der Waals surface area contributed by atoms with E-state index in [1.54, 1.807) is 65.8 Å². The summed E-state index contributed by atoms with van der Waals surface area (Å²) in [5, 5.41) is 3.07. The molecule has 0 spiro atoms. The molecule has 1 N–H and O–H groups in total. The van der Waals surface area contributed by atoms with E-state index in [9.17, 15) is 14.4 Å². The number of Topliss-reactive ketones (excluding diaryl/α,β-unsaturated/α-hetero) is 1. The summed E-state index contributed by atoms with van der Waals surface area (Å²) in [7, 11) is 0. The number of amides is 1. The van der Waals surface area contributed by atoms with Crippen molar-refractivity contribution in [1.29, 1.82) is 0 Å². The number of benzene rings is 1. The molecule has 0 bridgehead atoms. The molecule has 0 heterocycles. The van der Waals surface area contributed by atoms with Gasteiger partial charge in [-0.05, 0) is 73.1 Å². The number of rotatable bonds is 5. The van der Waals surface area contributed by atoms with Gasteiger partial charge < -0.3 is 14.8 Å². The summed E-state index contributed by atoms with van der Waals surface area (Å²) in [6, 6.07) is 5.58. The first kappa shape index (κ1) is 24.0. The van der Waals surface area contributed by atoms with E-state index < -0.39 is 40.5 Å². The van der Waals surface area contributed by atoms with Gasteiger partial charge in [0.1, 0.15) is 22.4 Å². The lowest BCUT2D eigenvalue weighted by molar-refractivity contribution is -0.171. The second-order valence-corrected chi connectivity index (χ2v) is 9.33. The van der Waals surface area contributed by atoms with Gasteiger partial charge in [-0.15, -0.1) is 0 Å². The molecule has 0 radical (unpaired) electrons. The topological polar surface area (TPSA) is 81.7 Å². The Bertz CT molecular complexity index is 748. The number of hydrogen-bond donors (Lipinski definition) is 1. The fourth-order valence-corrected chi connectivity index (χ4v) is 2.72. The van der Waals surface area contributed by atoms with Crippen molar-refractivity contribution < 1.29 is 23.9 Å². The van der Waals surface area contributed by atoms with Crippen LogP contribution in [-0.4, -0.2) is 29.0 Å². The minimum atomic E-state index is -1.69. The third kappa shape index (κ3) is 6.51. The van der Waals surface area contributed by atoms with E-state index in [4.69, 9.17) is 21.1 Å². The number of nitrogens with one attached hydrogen (secondary N) is 1. The second kappa shape index (κ2) is 8.52. The van der Waals surface area contributed by atoms with Crippen LogP contribution in [0.2, 0.25) is 5.02 Å².